The molecule has 3 fully saturated rings. The highest BCUT2D eigenvalue weighted by atomic mass is 16.6. The third kappa shape index (κ3) is 2.61. The lowest BCUT2D eigenvalue weighted by Crippen LogP contribution is -2.49. The molecule has 4 heteroatoms. The Kier molecular flexibility index (Phi) is 4.16. The van der Waals surface area contributed by atoms with Crippen LogP contribution < -0.4 is 0 Å². The van der Waals surface area contributed by atoms with E-state index in [4.69, 9.17) is 4.74 Å². The third-order valence-corrected chi connectivity index (χ3v) is 7.25. The van der Waals surface area contributed by atoms with Gasteiger partial charge in [0.2, 0.25) is 0 Å². The van der Waals surface area contributed by atoms with Crippen molar-refractivity contribution in [3.63, 3.8) is 0 Å². The zero-order valence-corrected chi connectivity index (χ0v) is 15.4. The van der Waals surface area contributed by atoms with Crippen LogP contribution in [0.1, 0.15) is 50.5 Å². The molecule has 0 spiro atoms. The number of esters is 1. The number of carbonyl (C=O) groups excluding carboxylic acids is 1. The molecule has 3 aliphatic rings. The molecule has 0 amide bonds. The summed E-state index contributed by atoms with van der Waals surface area (Å²) in [6.07, 6.45) is 7.13. The maximum absolute atomic E-state index is 13.2. The van der Waals surface area contributed by atoms with E-state index in [9.17, 15) is 9.90 Å². The van der Waals surface area contributed by atoms with Crippen molar-refractivity contribution in [2.45, 2.75) is 68.7 Å². The number of benzene rings is 1. The summed E-state index contributed by atoms with van der Waals surface area (Å²) in [6.45, 7) is 0. The van der Waals surface area contributed by atoms with Crippen molar-refractivity contribution in [3.8, 4) is 0 Å². The van der Waals surface area contributed by atoms with Crippen molar-refractivity contribution < 1.29 is 19.1 Å². The van der Waals surface area contributed by atoms with Crippen LogP contribution in [0.2, 0.25) is 0 Å². The highest BCUT2D eigenvalue weighted by molar-refractivity contribution is 5.82. The monoisotopic (exact) mass is 344 g/mol. The first kappa shape index (κ1) is 17.0. The molecular weight excluding hydrogens is 314 g/mol. The van der Waals surface area contributed by atoms with Gasteiger partial charge in [-0.25, -0.2) is 4.79 Å². The summed E-state index contributed by atoms with van der Waals surface area (Å²) in [5, 5.41) is 11.5. The summed E-state index contributed by atoms with van der Waals surface area (Å²) < 4.78 is 6.96. The number of likely N-dealkylation sites (N-methyl/N-ethyl adjacent to an activating group) is 1. The number of hydrogen-bond acceptors (Lipinski definition) is 3. The molecule has 1 unspecified atom stereocenters. The van der Waals surface area contributed by atoms with Crippen LogP contribution in [0.3, 0.4) is 0 Å². The number of rotatable bonds is 4. The van der Waals surface area contributed by atoms with E-state index in [0.29, 0.717) is 17.6 Å². The Hall–Kier alpha value is -1.39. The van der Waals surface area contributed by atoms with E-state index in [1.54, 1.807) is 0 Å². The van der Waals surface area contributed by atoms with Gasteiger partial charge in [-0.2, -0.15) is 0 Å². The van der Waals surface area contributed by atoms with Gasteiger partial charge in [0.05, 0.1) is 20.1 Å². The second kappa shape index (κ2) is 6.10. The molecule has 2 bridgehead atoms. The molecule has 4 rings (SSSR count). The summed E-state index contributed by atoms with van der Waals surface area (Å²) in [5.74, 6) is -0.466. The Bertz CT molecular complexity index is 638. The second-order valence-electron chi connectivity index (χ2n) is 8.72. The van der Waals surface area contributed by atoms with Crippen LogP contribution >= 0.6 is 0 Å². The molecule has 2 heterocycles. The number of hydrogen-bond donors (Lipinski definition) is 1. The molecule has 4 nitrogen and oxygen atoms in total. The van der Waals surface area contributed by atoms with Gasteiger partial charge < -0.3 is 14.3 Å². The van der Waals surface area contributed by atoms with Crippen LogP contribution in [-0.2, 0) is 15.1 Å². The molecule has 1 aromatic rings. The third-order valence-electron chi connectivity index (χ3n) is 7.25. The molecule has 0 radical (unpaired) electrons. The quantitative estimate of drug-likeness (QED) is 0.675. The van der Waals surface area contributed by atoms with E-state index < -0.39 is 11.6 Å². The molecule has 1 N–H and O–H groups in total. The van der Waals surface area contributed by atoms with Gasteiger partial charge in [0.1, 0.15) is 6.04 Å². The van der Waals surface area contributed by atoms with Gasteiger partial charge in [-0.1, -0.05) is 43.2 Å². The molecule has 4 atom stereocenters. The van der Waals surface area contributed by atoms with Crippen LogP contribution in [0.15, 0.2) is 30.3 Å². The fraction of sp³-hybridized carbons (Fsp3) is 0.667. The van der Waals surface area contributed by atoms with Gasteiger partial charge in [0.15, 0.2) is 11.7 Å². The average molecular weight is 344 g/mol. The first-order valence-corrected chi connectivity index (χ1v) is 9.76. The zero-order valence-electron chi connectivity index (χ0n) is 15.4. The topological polar surface area (TPSA) is 46.5 Å². The van der Waals surface area contributed by atoms with Crippen LogP contribution in [0, 0.1) is 5.92 Å². The van der Waals surface area contributed by atoms with Crippen LogP contribution in [-0.4, -0.2) is 47.8 Å². The minimum Gasteiger partial charge on any atom is -0.453 e. The number of quaternary nitrogens is 1. The van der Waals surface area contributed by atoms with E-state index in [1.165, 1.54) is 6.42 Å². The van der Waals surface area contributed by atoms with Gasteiger partial charge in [-0.3, -0.25) is 0 Å². The zero-order chi connectivity index (χ0) is 17.7. The van der Waals surface area contributed by atoms with Crippen molar-refractivity contribution >= 4 is 5.97 Å². The van der Waals surface area contributed by atoms with Crippen LogP contribution in [0.25, 0.3) is 0 Å². The van der Waals surface area contributed by atoms with Gasteiger partial charge in [-0.05, 0) is 18.4 Å². The van der Waals surface area contributed by atoms with Gasteiger partial charge in [0, 0.05) is 25.2 Å². The fourth-order valence-corrected chi connectivity index (χ4v) is 5.64. The predicted molar refractivity (Wildman–Crippen MR) is 95.7 cm³/mol. The average Bonchev–Trinajstić information content (AvgIpc) is 3.30. The molecular formula is C21H30NO3+. The second-order valence-corrected chi connectivity index (χ2v) is 8.72. The molecule has 25 heavy (non-hydrogen) atoms. The van der Waals surface area contributed by atoms with Crippen molar-refractivity contribution in [2.75, 3.05) is 14.1 Å². The fourth-order valence-electron chi connectivity index (χ4n) is 5.64. The van der Waals surface area contributed by atoms with E-state index in [1.807, 2.05) is 30.3 Å². The summed E-state index contributed by atoms with van der Waals surface area (Å²) >= 11 is 0. The minimum absolute atomic E-state index is 0.0384. The summed E-state index contributed by atoms with van der Waals surface area (Å²) in [5.41, 5.74) is -0.819. The lowest BCUT2D eigenvalue weighted by molar-refractivity contribution is -0.913. The molecule has 1 aliphatic carbocycles. The Morgan fingerprint density at radius 1 is 1.12 bits per heavy atom. The summed E-state index contributed by atoms with van der Waals surface area (Å²) in [7, 11) is 4.49. The minimum atomic E-state index is -1.50. The normalized spacial score (nSPS) is 33.3. The number of nitrogens with zero attached hydrogens (tertiary/aromatic N) is 1. The SMILES string of the molecule is C[N+]1(C)C2CC[C@@H]1[C@@H](OC(=O)[C@@](O)(c1ccccc1)C1CCCC1)C2. The van der Waals surface area contributed by atoms with Crippen molar-refractivity contribution in [1.29, 1.82) is 0 Å². The van der Waals surface area contributed by atoms with E-state index in [0.717, 1.165) is 43.0 Å². The number of aliphatic hydroxyl groups is 1. The molecule has 136 valence electrons. The highest BCUT2D eigenvalue weighted by Gasteiger charge is 2.58. The van der Waals surface area contributed by atoms with E-state index in [2.05, 4.69) is 14.1 Å². The molecule has 1 aromatic carbocycles. The Morgan fingerprint density at radius 2 is 1.80 bits per heavy atom. The summed E-state index contributed by atoms with van der Waals surface area (Å²) in [4.78, 5) is 13.2. The Morgan fingerprint density at radius 3 is 2.36 bits per heavy atom. The summed E-state index contributed by atoms with van der Waals surface area (Å²) in [6, 6.07) is 10.4. The van der Waals surface area contributed by atoms with E-state index >= 15 is 0 Å². The first-order chi connectivity index (χ1) is 11.9. The maximum Gasteiger partial charge on any atom is 0.343 e. The maximum atomic E-state index is 13.2. The van der Waals surface area contributed by atoms with Gasteiger partial charge >= 0.3 is 5.97 Å². The number of fused-ring (bicyclic) bond motifs is 2. The largest absolute Gasteiger partial charge is 0.453 e. The van der Waals surface area contributed by atoms with Crippen molar-refractivity contribution in [1.82, 2.24) is 0 Å². The van der Waals surface area contributed by atoms with Crippen LogP contribution in [0.5, 0.6) is 0 Å². The molecule has 2 aliphatic heterocycles. The Balaban J connectivity index is 1.59. The number of carbonyl (C=O) groups is 1. The lowest BCUT2D eigenvalue weighted by atomic mass is 9.80. The molecule has 0 aromatic heterocycles. The molecule has 2 saturated heterocycles. The lowest BCUT2D eigenvalue weighted by Gasteiger charge is -2.35. The standard InChI is InChI=1S/C21H30NO3/c1-22(2)17-12-13-18(22)19(14-17)25-20(23)21(24,16-10-6-7-11-16)15-8-4-3-5-9-15/h3-5,8-9,16-19,24H,6-7,10-14H2,1-2H3/q+1/t17?,18-,19+,21-/m1/s1. The number of ether oxygens (including phenoxy) is 1. The Labute approximate surface area is 150 Å². The first-order valence-electron chi connectivity index (χ1n) is 9.76. The van der Waals surface area contributed by atoms with Crippen molar-refractivity contribution in [3.05, 3.63) is 35.9 Å². The highest BCUT2D eigenvalue weighted by Crippen LogP contribution is 2.46. The smallest absolute Gasteiger partial charge is 0.343 e. The van der Waals surface area contributed by atoms with Gasteiger partial charge in [0.25, 0.3) is 0 Å². The molecule has 1 saturated carbocycles. The van der Waals surface area contributed by atoms with Gasteiger partial charge in [-0.15, -0.1) is 0 Å². The van der Waals surface area contributed by atoms with Crippen LogP contribution in [0.4, 0.5) is 0 Å². The van der Waals surface area contributed by atoms with Crippen molar-refractivity contribution in [2.24, 2.45) is 5.92 Å². The predicted octanol–water partition coefficient (Wildman–Crippen LogP) is 2.99. The van der Waals surface area contributed by atoms with E-state index in [-0.39, 0.29) is 12.0 Å².